The van der Waals surface area contributed by atoms with Gasteiger partial charge in [0.05, 0.1) is 13.2 Å². The Morgan fingerprint density at radius 1 is 1.39 bits per heavy atom. The molecule has 0 N–H and O–H groups in total. The molecule has 1 atom stereocenters. The number of benzene rings is 1. The molecule has 2 rings (SSSR count). The van der Waals surface area contributed by atoms with Crippen LogP contribution in [0, 0.1) is 0 Å². The van der Waals surface area contributed by atoms with Gasteiger partial charge >= 0.3 is 6.09 Å². The summed E-state index contributed by atoms with van der Waals surface area (Å²) in [6.45, 7) is 3.90. The van der Waals surface area contributed by atoms with Crippen LogP contribution in [0.4, 0.5) is 10.5 Å². The van der Waals surface area contributed by atoms with Crippen LogP contribution in [0.3, 0.4) is 0 Å². The van der Waals surface area contributed by atoms with Crippen molar-refractivity contribution in [3.8, 4) is 0 Å². The van der Waals surface area contributed by atoms with E-state index in [-0.39, 0.29) is 12.2 Å². The standard InChI is InChI=1S/C14H19NO3/c1-2-3-9-17-11-13-10-15(14(16)18-13)12-7-5-4-6-8-12/h4-8,13H,2-3,9-11H2,1H3/t13-/m1/s1. The van der Waals surface area contributed by atoms with Crippen LogP contribution in [0.25, 0.3) is 0 Å². The van der Waals surface area contributed by atoms with E-state index in [0.29, 0.717) is 13.2 Å². The third-order valence-electron chi connectivity index (χ3n) is 2.89. The first-order valence-corrected chi connectivity index (χ1v) is 6.42. The highest BCUT2D eigenvalue weighted by Gasteiger charge is 2.32. The van der Waals surface area contributed by atoms with E-state index in [0.717, 1.165) is 25.1 Å². The second kappa shape index (κ2) is 6.40. The van der Waals surface area contributed by atoms with Crippen molar-refractivity contribution in [2.75, 3.05) is 24.7 Å². The van der Waals surface area contributed by atoms with Crippen LogP contribution in [0.5, 0.6) is 0 Å². The molecule has 0 aliphatic carbocycles. The van der Waals surface area contributed by atoms with Crippen LogP contribution in [0.2, 0.25) is 0 Å². The summed E-state index contributed by atoms with van der Waals surface area (Å²) >= 11 is 0. The Kier molecular flexibility index (Phi) is 4.59. The zero-order valence-corrected chi connectivity index (χ0v) is 10.7. The van der Waals surface area contributed by atoms with Crippen LogP contribution in [0.15, 0.2) is 30.3 Å². The molecule has 0 saturated carbocycles. The van der Waals surface area contributed by atoms with Gasteiger partial charge in [-0.1, -0.05) is 31.5 Å². The first-order valence-electron chi connectivity index (χ1n) is 6.42. The lowest BCUT2D eigenvalue weighted by atomic mass is 10.3. The molecule has 1 fully saturated rings. The van der Waals surface area contributed by atoms with Gasteiger partial charge in [0.1, 0.15) is 6.10 Å². The summed E-state index contributed by atoms with van der Waals surface area (Å²) in [6, 6.07) is 9.56. The second-order valence-electron chi connectivity index (χ2n) is 4.38. The molecule has 18 heavy (non-hydrogen) atoms. The average molecular weight is 249 g/mol. The molecule has 1 aliphatic heterocycles. The molecule has 4 heteroatoms. The monoisotopic (exact) mass is 249 g/mol. The van der Waals surface area contributed by atoms with E-state index in [2.05, 4.69) is 6.92 Å². The fourth-order valence-corrected chi connectivity index (χ4v) is 1.89. The zero-order valence-electron chi connectivity index (χ0n) is 10.7. The first-order chi connectivity index (χ1) is 8.81. The fraction of sp³-hybridized carbons (Fsp3) is 0.500. The Bertz CT molecular complexity index is 380. The van der Waals surface area contributed by atoms with Gasteiger partial charge in [-0.15, -0.1) is 0 Å². The summed E-state index contributed by atoms with van der Waals surface area (Å²) in [6.07, 6.45) is 1.71. The normalized spacial score (nSPS) is 19.1. The number of anilines is 1. The van der Waals surface area contributed by atoms with Crippen LogP contribution < -0.4 is 4.90 Å². The molecule has 4 nitrogen and oxygen atoms in total. The number of ether oxygens (including phenoxy) is 2. The molecule has 1 heterocycles. The molecule has 1 saturated heterocycles. The number of carbonyl (C=O) groups is 1. The van der Waals surface area contributed by atoms with E-state index >= 15 is 0 Å². The number of amides is 1. The molecule has 1 aromatic rings. The summed E-state index contributed by atoms with van der Waals surface area (Å²) in [5, 5.41) is 0. The van der Waals surface area contributed by atoms with Crippen molar-refractivity contribution in [1.82, 2.24) is 0 Å². The van der Waals surface area contributed by atoms with Crippen molar-refractivity contribution in [3.63, 3.8) is 0 Å². The first kappa shape index (κ1) is 12.9. The number of hydrogen-bond donors (Lipinski definition) is 0. The smallest absolute Gasteiger partial charge is 0.414 e. The minimum atomic E-state index is -0.287. The quantitative estimate of drug-likeness (QED) is 0.728. The lowest BCUT2D eigenvalue weighted by Crippen LogP contribution is -2.25. The maximum atomic E-state index is 11.7. The lowest BCUT2D eigenvalue weighted by molar-refractivity contribution is 0.0448. The van der Waals surface area contributed by atoms with E-state index in [9.17, 15) is 4.79 Å². The summed E-state index contributed by atoms with van der Waals surface area (Å²) in [5.41, 5.74) is 0.874. The van der Waals surface area contributed by atoms with E-state index in [4.69, 9.17) is 9.47 Å². The van der Waals surface area contributed by atoms with E-state index in [1.807, 2.05) is 30.3 Å². The van der Waals surface area contributed by atoms with Gasteiger partial charge < -0.3 is 9.47 Å². The van der Waals surface area contributed by atoms with Crippen LogP contribution in [-0.4, -0.2) is 32.0 Å². The lowest BCUT2D eigenvalue weighted by Gasteiger charge is -2.12. The summed E-state index contributed by atoms with van der Waals surface area (Å²) in [4.78, 5) is 13.4. The number of para-hydroxylation sites is 1. The molecule has 0 aromatic heterocycles. The van der Waals surface area contributed by atoms with Crippen molar-refractivity contribution < 1.29 is 14.3 Å². The molecule has 1 amide bonds. The predicted molar refractivity (Wildman–Crippen MR) is 69.8 cm³/mol. The molecule has 0 bridgehead atoms. The van der Waals surface area contributed by atoms with Gasteiger partial charge in [0.25, 0.3) is 0 Å². The zero-order chi connectivity index (χ0) is 12.8. The fourth-order valence-electron chi connectivity index (χ4n) is 1.89. The van der Waals surface area contributed by atoms with Gasteiger partial charge in [0.2, 0.25) is 0 Å². The van der Waals surface area contributed by atoms with Crippen LogP contribution in [0.1, 0.15) is 19.8 Å². The third-order valence-corrected chi connectivity index (χ3v) is 2.89. The van der Waals surface area contributed by atoms with Gasteiger partial charge in [-0.05, 0) is 18.6 Å². The summed E-state index contributed by atoms with van der Waals surface area (Å²) in [5.74, 6) is 0. The van der Waals surface area contributed by atoms with Crippen molar-refractivity contribution in [2.24, 2.45) is 0 Å². The molecule has 0 unspecified atom stereocenters. The van der Waals surface area contributed by atoms with E-state index < -0.39 is 0 Å². The number of hydrogen-bond acceptors (Lipinski definition) is 3. The largest absolute Gasteiger partial charge is 0.441 e. The Hall–Kier alpha value is -1.55. The van der Waals surface area contributed by atoms with Gasteiger partial charge in [-0.2, -0.15) is 0 Å². The van der Waals surface area contributed by atoms with E-state index in [1.54, 1.807) is 4.90 Å². The maximum Gasteiger partial charge on any atom is 0.414 e. The van der Waals surface area contributed by atoms with Gasteiger partial charge in [-0.25, -0.2) is 4.79 Å². The SMILES string of the molecule is CCCCOC[C@H]1CN(c2ccccc2)C(=O)O1. The molecule has 1 aliphatic rings. The highest BCUT2D eigenvalue weighted by molar-refractivity contribution is 5.89. The molecule has 1 aromatic carbocycles. The second-order valence-corrected chi connectivity index (χ2v) is 4.38. The highest BCUT2D eigenvalue weighted by atomic mass is 16.6. The van der Waals surface area contributed by atoms with Crippen LogP contribution in [-0.2, 0) is 9.47 Å². The topological polar surface area (TPSA) is 38.8 Å². The van der Waals surface area contributed by atoms with Crippen molar-refractivity contribution in [3.05, 3.63) is 30.3 Å². The summed E-state index contributed by atoms with van der Waals surface area (Å²) < 4.78 is 10.8. The van der Waals surface area contributed by atoms with Gasteiger partial charge in [0, 0.05) is 12.3 Å². The average Bonchev–Trinajstić information content (AvgIpc) is 2.77. The molecule has 0 radical (unpaired) electrons. The number of rotatable bonds is 6. The third kappa shape index (κ3) is 3.23. The minimum absolute atomic E-state index is 0.158. The molecular formula is C14H19NO3. The Morgan fingerprint density at radius 2 is 2.17 bits per heavy atom. The van der Waals surface area contributed by atoms with Gasteiger partial charge in [-0.3, -0.25) is 4.90 Å². The van der Waals surface area contributed by atoms with E-state index in [1.165, 1.54) is 0 Å². The minimum Gasteiger partial charge on any atom is -0.441 e. The highest BCUT2D eigenvalue weighted by Crippen LogP contribution is 2.21. The molecule has 98 valence electrons. The molecular weight excluding hydrogens is 230 g/mol. The number of unbranched alkanes of at least 4 members (excludes halogenated alkanes) is 1. The Balaban J connectivity index is 1.84. The number of nitrogens with zero attached hydrogens (tertiary/aromatic N) is 1. The van der Waals surface area contributed by atoms with Gasteiger partial charge in [0.15, 0.2) is 0 Å². The van der Waals surface area contributed by atoms with Crippen molar-refractivity contribution >= 4 is 11.8 Å². The van der Waals surface area contributed by atoms with Crippen molar-refractivity contribution in [2.45, 2.75) is 25.9 Å². The van der Waals surface area contributed by atoms with Crippen LogP contribution >= 0.6 is 0 Å². The molecule has 0 spiro atoms. The predicted octanol–water partition coefficient (Wildman–Crippen LogP) is 2.83. The number of cyclic esters (lactones) is 1. The maximum absolute atomic E-state index is 11.7. The van der Waals surface area contributed by atoms with Crippen molar-refractivity contribution in [1.29, 1.82) is 0 Å². The summed E-state index contributed by atoms with van der Waals surface area (Å²) in [7, 11) is 0. The Labute approximate surface area is 107 Å². The Morgan fingerprint density at radius 3 is 2.89 bits per heavy atom. The number of carbonyl (C=O) groups excluding carboxylic acids is 1.